The molecule has 108 valence electrons. The third-order valence-corrected chi connectivity index (χ3v) is 3.56. The van der Waals surface area contributed by atoms with Crippen LogP contribution in [0, 0.1) is 13.8 Å². The summed E-state index contributed by atoms with van der Waals surface area (Å²) in [6.07, 6.45) is 0. The molecule has 0 amide bonds. The third-order valence-electron chi connectivity index (χ3n) is 3.56. The van der Waals surface area contributed by atoms with Gasteiger partial charge >= 0.3 is 0 Å². The summed E-state index contributed by atoms with van der Waals surface area (Å²) in [6.45, 7) is 6.88. The summed E-state index contributed by atoms with van der Waals surface area (Å²) in [4.78, 5) is 2.25. The fraction of sp³-hybridized carbons (Fsp3) is 0.412. The van der Waals surface area contributed by atoms with Crippen LogP contribution in [-0.4, -0.2) is 18.0 Å². The lowest BCUT2D eigenvalue weighted by atomic mass is 9.98. The lowest BCUT2D eigenvalue weighted by Crippen LogP contribution is -2.36. The first kappa shape index (κ1) is 14.8. The van der Waals surface area contributed by atoms with Crippen LogP contribution in [0.1, 0.15) is 35.6 Å². The largest absolute Gasteiger partial charge is 0.465 e. The van der Waals surface area contributed by atoms with Crippen LogP contribution < -0.4 is 5.73 Å². The Morgan fingerprint density at radius 1 is 1.20 bits per heavy atom. The minimum absolute atomic E-state index is 0.0536. The number of hydrogen-bond acceptors (Lipinski definition) is 3. The highest BCUT2D eigenvalue weighted by molar-refractivity contribution is 5.26. The zero-order valence-electron chi connectivity index (χ0n) is 12.8. The molecule has 1 aromatic heterocycles. The second-order valence-electron chi connectivity index (χ2n) is 5.65. The van der Waals surface area contributed by atoms with Crippen LogP contribution in [0.15, 0.2) is 40.8 Å². The lowest BCUT2D eigenvalue weighted by molar-refractivity contribution is 0.195. The Labute approximate surface area is 121 Å². The van der Waals surface area contributed by atoms with Gasteiger partial charge in [-0.15, -0.1) is 0 Å². The first-order valence-electron chi connectivity index (χ1n) is 7.05. The number of benzene rings is 1. The van der Waals surface area contributed by atoms with E-state index in [-0.39, 0.29) is 12.1 Å². The molecule has 0 aliphatic rings. The second kappa shape index (κ2) is 6.25. The van der Waals surface area contributed by atoms with Gasteiger partial charge in [-0.3, -0.25) is 4.90 Å². The van der Waals surface area contributed by atoms with Crippen LogP contribution in [0.5, 0.6) is 0 Å². The van der Waals surface area contributed by atoms with E-state index in [0.29, 0.717) is 0 Å². The third kappa shape index (κ3) is 3.50. The minimum atomic E-state index is 0.0536. The maximum absolute atomic E-state index is 6.21. The predicted octanol–water partition coefficient (Wildman–Crippen LogP) is 3.42. The predicted molar refractivity (Wildman–Crippen MR) is 82.5 cm³/mol. The van der Waals surface area contributed by atoms with Crippen LogP contribution in [0.4, 0.5) is 0 Å². The van der Waals surface area contributed by atoms with Gasteiger partial charge in [-0.05, 0) is 45.5 Å². The molecule has 3 nitrogen and oxygen atoms in total. The minimum Gasteiger partial charge on any atom is -0.465 e. The summed E-state index contributed by atoms with van der Waals surface area (Å²) in [5.74, 6) is 1.92. The molecule has 0 saturated heterocycles. The molecule has 1 aromatic carbocycles. The van der Waals surface area contributed by atoms with Crippen molar-refractivity contribution in [1.29, 1.82) is 0 Å². The summed E-state index contributed by atoms with van der Waals surface area (Å²) in [5, 5.41) is 0. The molecular weight excluding hydrogens is 248 g/mol. The van der Waals surface area contributed by atoms with E-state index in [2.05, 4.69) is 50.1 Å². The van der Waals surface area contributed by atoms with E-state index < -0.39 is 0 Å². The summed E-state index contributed by atoms with van der Waals surface area (Å²) in [7, 11) is 2.09. The van der Waals surface area contributed by atoms with E-state index in [1.54, 1.807) is 0 Å². The number of rotatable bonds is 5. The van der Waals surface area contributed by atoms with Crippen molar-refractivity contribution in [2.75, 3.05) is 7.05 Å². The Kier molecular flexibility index (Phi) is 4.63. The first-order chi connectivity index (χ1) is 9.47. The Hall–Kier alpha value is -1.58. The van der Waals surface area contributed by atoms with Crippen molar-refractivity contribution in [1.82, 2.24) is 4.90 Å². The molecule has 0 spiro atoms. The Morgan fingerprint density at radius 3 is 2.50 bits per heavy atom. The summed E-state index contributed by atoms with van der Waals surface area (Å²) >= 11 is 0. The van der Waals surface area contributed by atoms with Gasteiger partial charge in [-0.2, -0.15) is 0 Å². The highest BCUT2D eigenvalue weighted by Gasteiger charge is 2.22. The summed E-state index contributed by atoms with van der Waals surface area (Å²) in [5.41, 5.74) is 8.72. The van der Waals surface area contributed by atoms with Gasteiger partial charge in [-0.25, -0.2) is 0 Å². The summed E-state index contributed by atoms with van der Waals surface area (Å²) < 4.78 is 5.66. The van der Waals surface area contributed by atoms with Gasteiger partial charge < -0.3 is 10.2 Å². The van der Waals surface area contributed by atoms with Crippen molar-refractivity contribution in [2.45, 2.75) is 39.4 Å². The number of furan rings is 1. The number of likely N-dealkylation sites (N-methyl/N-ethyl adjacent to an activating group) is 1. The number of nitrogens with zero attached hydrogens (tertiary/aromatic N) is 1. The Bertz CT molecular complexity index is 560. The highest BCUT2D eigenvalue weighted by Crippen LogP contribution is 2.25. The monoisotopic (exact) mass is 272 g/mol. The molecule has 0 saturated carbocycles. The van der Waals surface area contributed by atoms with E-state index in [0.717, 1.165) is 18.1 Å². The van der Waals surface area contributed by atoms with Gasteiger partial charge in [0.15, 0.2) is 0 Å². The lowest BCUT2D eigenvalue weighted by Gasteiger charge is -2.31. The fourth-order valence-corrected chi connectivity index (χ4v) is 2.73. The standard InChI is InChI=1S/C17H24N2O/c1-12-6-5-7-15(10-12)17(14(3)18)19(4)11-16-9-8-13(2)20-16/h5-10,14,17H,11,18H2,1-4H3. The smallest absolute Gasteiger partial charge is 0.118 e. The fourth-order valence-electron chi connectivity index (χ4n) is 2.73. The van der Waals surface area contributed by atoms with E-state index in [9.17, 15) is 0 Å². The molecule has 2 N–H and O–H groups in total. The van der Waals surface area contributed by atoms with Crippen LogP contribution >= 0.6 is 0 Å². The molecule has 0 aliphatic carbocycles. The van der Waals surface area contributed by atoms with Crippen molar-refractivity contribution >= 4 is 0 Å². The number of hydrogen-bond donors (Lipinski definition) is 1. The molecule has 3 heteroatoms. The van der Waals surface area contributed by atoms with Crippen molar-refractivity contribution in [3.63, 3.8) is 0 Å². The second-order valence-corrected chi connectivity index (χ2v) is 5.65. The first-order valence-corrected chi connectivity index (χ1v) is 7.05. The maximum Gasteiger partial charge on any atom is 0.118 e. The van der Waals surface area contributed by atoms with Gasteiger partial charge in [0.25, 0.3) is 0 Å². The van der Waals surface area contributed by atoms with Crippen LogP contribution in [0.3, 0.4) is 0 Å². The van der Waals surface area contributed by atoms with E-state index in [1.807, 2.05) is 19.1 Å². The molecular formula is C17H24N2O. The zero-order chi connectivity index (χ0) is 14.7. The molecule has 2 aromatic rings. The topological polar surface area (TPSA) is 42.4 Å². The van der Waals surface area contributed by atoms with E-state index >= 15 is 0 Å². The SMILES string of the molecule is Cc1cccc(C(C(C)N)N(C)Cc2ccc(C)o2)c1. The average molecular weight is 272 g/mol. The van der Waals surface area contributed by atoms with Crippen LogP contribution in [-0.2, 0) is 6.54 Å². The van der Waals surface area contributed by atoms with Crippen molar-refractivity contribution in [3.8, 4) is 0 Å². The molecule has 0 aliphatic heterocycles. The van der Waals surface area contributed by atoms with Crippen molar-refractivity contribution in [3.05, 3.63) is 59.0 Å². The van der Waals surface area contributed by atoms with Crippen LogP contribution in [0.2, 0.25) is 0 Å². The van der Waals surface area contributed by atoms with Crippen molar-refractivity contribution in [2.24, 2.45) is 5.73 Å². The van der Waals surface area contributed by atoms with Gasteiger partial charge in [0.1, 0.15) is 11.5 Å². The Morgan fingerprint density at radius 2 is 1.95 bits per heavy atom. The quantitative estimate of drug-likeness (QED) is 0.907. The van der Waals surface area contributed by atoms with Gasteiger partial charge in [0.05, 0.1) is 6.54 Å². The van der Waals surface area contributed by atoms with E-state index in [1.165, 1.54) is 11.1 Å². The molecule has 20 heavy (non-hydrogen) atoms. The molecule has 0 bridgehead atoms. The molecule has 0 radical (unpaired) electrons. The van der Waals surface area contributed by atoms with Gasteiger partial charge in [-0.1, -0.05) is 29.8 Å². The molecule has 0 fully saturated rings. The van der Waals surface area contributed by atoms with Crippen LogP contribution in [0.25, 0.3) is 0 Å². The van der Waals surface area contributed by atoms with Crippen molar-refractivity contribution < 1.29 is 4.42 Å². The molecule has 2 rings (SSSR count). The van der Waals surface area contributed by atoms with Gasteiger partial charge in [0, 0.05) is 12.1 Å². The Balaban J connectivity index is 2.20. The number of nitrogens with two attached hydrogens (primary N) is 1. The summed E-state index contributed by atoms with van der Waals surface area (Å²) in [6, 6.07) is 12.8. The molecule has 1 heterocycles. The highest BCUT2D eigenvalue weighted by atomic mass is 16.3. The average Bonchev–Trinajstić information content (AvgIpc) is 2.74. The number of aryl methyl sites for hydroxylation is 2. The maximum atomic E-state index is 6.21. The molecule has 2 atom stereocenters. The normalized spacial score (nSPS) is 14.5. The zero-order valence-corrected chi connectivity index (χ0v) is 12.8. The van der Waals surface area contributed by atoms with Gasteiger partial charge in [0.2, 0.25) is 0 Å². The van der Waals surface area contributed by atoms with E-state index in [4.69, 9.17) is 10.2 Å². The molecule has 2 unspecified atom stereocenters.